The van der Waals surface area contributed by atoms with E-state index in [1.807, 2.05) is 19.1 Å². The summed E-state index contributed by atoms with van der Waals surface area (Å²) in [5.41, 5.74) is -2.36. The van der Waals surface area contributed by atoms with Crippen LogP contribution in [0.15, 0.2) is 12.2 Å². The summed E-state index contributed by atoms with van der Waals surface area (Å²) in [5.74, 6) is -1.61. The van der Waals surface area contributed by atoms with Crippen LogP contribution >= 0.6 is 0 Å². The Morgan fingerprint density at radius 2 is 1.57 bits per heavy atom. The summed E-state index contributed by atoms with van der Waals surface area (Å²) in [6.45, 7) is 6.14. The first kappa shape index (κ1) is 19.7. The molecule has 4 heteroatoms. The zero-order valence-electron chi connectivity index (χ0n) is 14.8. The Bertz CT molecular complexity index is 443. The molecule has 132 valence electrons. The molecular formula is C19H32O4. The largest absolute Gasteiger partial charge is 0.481 e. The molecule has 0 aromatic heterocycles. The first-order valence-corrected chi connectivity index (χ1v) is 9.02. The van der Waals surface area contributed by atoms with Crippen LogP contribution in [0.3, 0.4) is 0 Å². The average molecular weight is 324 g/mol. The molecule has 1 aliphatic carbocycles. The maximum absolute atomic E-state index is 12.3. The van der Waals surface area contributed by atoms with Gasteiger partial charge in [0.2, 0.25) is 0 Å². The van der Waals surface area contributed by atoms with Crippen LogP contribution in [0.4, 0.5) is 0 Å². The average Bonchev–Trinajstić information content (AvgIpc) is 2.52. The molecule has 0 aromatic rings. The van der Waals surface area contributed by atoms with Crippen molar-refractivity contribution in [3.8, 4) is 0 Å². The van der Waals surface area contributed by atoms with Gasteiger partial charge in [-0.1, -0.05) is 65.0 Å². The van der Waals surface area contributed by atoms with Gasteiger partial charge in [0, 0.05) is 0 Å². The maximum Gasteiger partial charge on any atom is 0.311 e. The number of aliphatic carboxylic acids is 2. The van der Waals surface area contributed by atoms with E-state index in [-0.39, 0.29) is 5.92 Å². The number of allylic oxidation sites excluding steroid dienone is 2. The molecule has 0 amide bonds. The Kier molecular flexibility index (Phi) is 7.30. The van der Waals surface area contributed by atoms with Gasteiger partial charge in [-0.2, -0.15) is 0 Å². The van der Waals surface area contributed by atoms with E-state index in [0.717, 1.165) is 25.7 Å². The molecule has 0 spiro atoms. The van der Waals surface area contributed by atoms with Gasteiger partial charge in [-0.05, 0) is 31.6 Å². The van der Waals surface area contributed by atoms with Crippen molar-refractivity contribution in [3.05, 3.63) is 12.2 Å². The second-order valence-electron chi connectivity index (χ2n) is 7.02. The quantitative estimate of drug-likeness (QED) is 0.561. The fourth-order valence-corrected chi connectivity index (χ4v) is 4.22. The van der Waals surface area contributed by atoms with Crippen molar-refractivity contribution < 1.29 is 19.8 Å². The van der Waals surface area contributed by atoms with Crippen molar-refractivity contribution in [2.75, 3.05) is 0 Å². The molecule has 3 unspecified atom stereocenters. The summed E-state index contributed by atoms with van der Waals surface area (Å²) in [6, 6.07) is 0. The monoisotopic (exact) mass is 324 g/mol. The first-order valence-electron chi connectivity index (χ1n) is 9.02. The number of rotatable bonds is 10. The van der Waals surface area contributed by atoms with Gasteiger partial charge in [0.25, 0.3) is 0 Å². The predicted octanol–water partition coefficient (Wildman–Crippen LogP) is 4.89. The van der Waals surface area contributed by atoms with Crippen LogP contribution in [0, 0.1) is 16.7 Å². The topological polar surface area (TPSA) is 74.6 Å². The Hall–Kier alpha value is -1.32. The lowest BCUT2D eigenvalue weighted by atomic mass is 9.53. The molecule has 0 heterocycles. The van der Waals surface area contributed by atoms with E-state index >= 15 is 0 Å². The van der Waals surface area contributed by atoms with Crippen LogP contribution in [0.1, 0.15) is 78.6 Å². The Balaban J connectivity index is 3.28. The number of carboxylic acids is 2. The summed E-state index contributed by atoms with van der Waals surface area (Å²) in [7, 11) is 0. The molecular weight excluding hydrogens is 292 g/mol. The van der Waals surface area contributed by atoms with E-state index in [1.54, 1.807) is 0 Å². The van der Waals surface area contributed by atoms with Gasteiger partial charge in [-0.25, -0.2) is 0 Å². The maximum atomic E-state index is 12.3. The number of carboxylic acid groups (broad SMARTS) is 2. The van der Waals surface area contributed by atoms with Crippen molar-refractivity contribution in [1.82, 2.24) is 0 Å². The van der Waals surface area contributed by atoms with Crippen molar-refractivity contribution >= 4 is 11.9 Å². The van der Waals surface area contributed by atoms with E-state index < -0.39 is 22.8 Å². The number of hydrogen-bond donors (Lipinski definition) is 2. The fourth-order valence-electron chi connectivity index (χ4n) is 4.22. The summed E-state index contributed by atoms with van der Waals surface area (Å²) >= 11 is 0. The van der Waals surface area contributed by atoms with Crippen molar-refractivity contribution in [3.63, 3.8) is 0 Å². The first-order chi connectivity index (χ1) is 10.9. The second-order valence-corrected chi connectivity index (χ2v) is 7.02. The summed E-state index contributed by atoms with van der Waals surface area (Å²) in [4.78, 5) is 24.5. The van der Waals surface area contributed by atoms with E-state index in [2.05, 4.69) is 13.8 Å². The predicted molar refractivity (Wildman–Crippen MR) is 91.3 cm³/mol. The van der Waals surface area contributed by atoms with Crippen LogP contribution in [0.5, 0.6) is 0 Å². The van der Waals surface area contributed by atoms with Gasteiger partial charge in [0.05, 0.1) is 10.8 Å². The Morgan fingerprint density at radius 1 is 1.00 bits per heavy atom. The van der Waals surface area contributed by atoms with E-state index in [1.165, 1.54) is 0 Å². The van der Waals surface area contributed by atoms with Crippen LogP contribution in [0.25, 0.3) is 0 Å². The van der Waals surface area contributed by atoms with Crippen molar-refractivity contribution in [2.24, 2.45) is 16.7 Å². The number of hydrogen-bond acceptors (Lipinski definition) is 2. The zero-order valence-corrected chi connectivity index (χ0v) is 14.8. The highest BCUT2D eigenvalue weighted by Crippen LogP contribution is 2.55. The van der Waals surface area contributed by atoms with E-state index in [9.17, 15) is 19.8 Å². The molecule has 4 nitrogen and oxygen atoms in total. The second kappa shape index (κ2) is 8.51. The molecule has 0 fully saturated rings. The Labute approximate surface area is 140 Å². The smallest absolute Gasteiger partial charge is 0.311 e. The molecule has 0 saturated carbocycles. The van der Waals surface area contributed by atoms with Gasteiger partial charge >= 0.3 is 11.9 Å². The molecule has 23 heavy (non-hydrogen) atoms. The fraction of sp³-hybridized carbons (Fsp3) is 0.789. The highest BCUT2D eigenvalue weighted by atomic mass is 16.4. The van der Waals surface area contributed by atoms with E-state index in [4.69, 9.17) is 0 Å². The van der Waals surface area contributed by atoms with Gasteiger partial charge < -0.3 is 10.2 Å². The van der Waals surface area contributed by atoms with Crippen LogP contribution in [-0.2, 0) is 9.59 Å². The minimum atomic E-state index is -1.18. The molecule has 0 saturated heterocycles. The lowest BCUT2D eigenvalue weighted by Crippen LogP contribution is -2.54. The lowest BCUT2D eigenvalue weighted by molar-refractivity contribution is -0.178. The van der Waals surface area contributed by atoms with Gasteiger partial charge in [-0.15, -0.1) is 0 Å². The highest BCUT2D eigenvalue weighted by Gasteiger charge is 2.60. The molecule has 1 rings (SSSR count). The van der Waals surface area contributed by atoms with Gasteiger partial charge in [0.1, 0.15) is 0 Å². The zero-order chi connectivity index (χ0) is 17.5. The third-order valence-corrected chi connectivity index (χ3v) is 5.69. The third-order valence-electron chi connectivity index (χ3n) is 5.69. The van der Waals surface area contributed by atoms with Crippen LogP contribution in [0.2, 0.25) is 0 Å². The SMILES string of the molecule is CCCCC(CC)CC1(C(=O)O)CC=CCC1(CCC)C(=O)O. The van der Waals surface area contributed by atoms with Crippen molar-refractivity contribution in [2.45, 2.75) is 78.6 Å². The molecule has 0 aromatic carbocycles. The van der Waals surface area contributed by atoms with Gasteiger partial charge in [0.15, 0.2) is 0 Å². The molecule has 3 atom stereocenters. The summed E-state index contributed by atoms with van der Waals surface area (Å²) < 4.78 is 0. The molecule has 0 aliphatic heterocycles. The number of unbranched alkanes of at least 4 members (excludes halogenated alkanes) is 1. The van der Waals surface area contributed by atoms with Gasteiger partial charge in [-0.3, -0.25) is 9.59 Å². The van der Waals surface area contributed by atoms with E-state index in [0.29, 0.717) is 32.1 Å². The summed E-state index contributed by atoms with van der Waals surface area (Å²) in [5, 5.41) is 20.0. The summed E-state index contributed by atoms with van der Waals surface area (Å²) in [6.07, 6.45) is 9.99. The minimum absolute atomic E-state index is 0.271. The van der Waals surface area contributed by atoms with Crippen LogP contribution in [-0.4, -0.2) is 22.2 Å². The third kappa shape index (κ3) is 3.78. The lowest BCUT2D eigenvalue weighted by Gasteiger charge is -2.48. The normalized spacial score (nSPS) is 28.5. The molecule has 0 radical (unpaired) electrons. The molecule has 1 aliphatic rings. The Morgan fingerprint density at radius 3 is 2.00 bits per heavy atom. The number of carbonyl (C=O) groups is 2. The highest BCUT2D eigenvalue weighted by molar-refractivity contribution is 5.87. The van der Waals surface area contributed by atoms with Crippen molar-refractivity contribution in [1.29, 1.82) is 0 Å². The molecule has 0 bridgehead atoms. The standard InChI is InChI=1S/C19H32O4/c1-4-7-10-15(6-3)14-19(17(22)23)13-9-8-12-18(19,11-5-2)16(20)21/h8-9,15H,4-7,10-14H2,1-3H3,(H,20,21)(H,22,23). The molecule has 2 N–H and O–H groups in total. The minimum Gasteiger partial charge on any atom is -0.481 e. The van der Waals surface area contributed by atoms with Crippen LogP contribution < -0.4 is 0 Å².